The zero-order valence-corrected chi connectivity index (χ0v) is 12.8. The van der Waals surface area contributed by atoms with Gasteiger partial charge in [0.2, 0.25) is 0 Å². The average molecular weight is 268 g/mol. The Bertz CT molecular complexity index is 225. The Morgan fingerprint density at radius 1 is 0.842 bits per heavy atom. The number of cyclic esters (lactones) is 1. The number of hydrogen-bond donors (Lipinski definition) is 0. The van der Waals surface area contributed by atoms with Crippen molar-refractivity contribution in [3.05, 3.63) is 0 Å². The lowest BCUT2D eigenvalue weighted by Crippen LogP contribution is -2.17. The Labute approximate surface area is 119 Å². The van der Waals surface area contributed by atoms with E-state index in [2.05, 4.69) is 6.92 Å². The van der Waals surface area contributed by atoms with Crippen LogP contribution in [0.3, 0.4) is 0 Å². The van der Waals surface area contributed by atoms with Gasteiger partial charge in [-0.2, -0.15) is 0 Å². The molecular formula is C17H32O2. The molecule has 0 aromatic carbocycles. The van der Waals surface area contributed by atoms with E-state index in [4.69, 9.17) is 4.74 Å². The summed E-state index contributed by atoms with van der Waals surface area (Å²) in [5, 5.41) is 0. The summed E-state index contributed by atoms with van der Waals surface area (Å²) in [7, 11) is 0. The summed E-state index contributed by atoms with van der Waals surface area (Å²) in [5.74, 6) is 0.0268. The Morgan fingerprint density at radius 3 is 1.84 bits per heavy atom. The van der Waals surface area contributed by atoms with Gasteiger partial charge in [-0.1, -0.05) is 64.7 Å². The Kier molecular flexibility index (Phi) is 9.84. The van der Waals surface area contributed by atoms with Crippen molar-refractivity contribution in [1.29, 1.82) is 0 Å². The highest BCUT2D eigenvalue weighted by molar-refractivity contribution is 5.69. The van der Waals surface area contributed by atoms with Crippen LogP contribution in [-0.4, -0.2) is 12.1 Å². The minimum Gasteiger partial charge on any atom is -0.462 e. The Balaban J connectivity index is 2.28. The Hall–Kier alpha value is -0.530. The van der Waals surface area contributed by atoms with E-state index in [-0.39, 0.29) is 12.1 Å². The van der Waals surface area contributed by atoms with Crippen LogP contribution in [0.1, 0.15) is 96.8 Å². The van der Waals surface area contributed by atoms with Gasteiger partial charge >= 0.3 is 5.97 Å². The first kappa shape index (κ1) is 16.5. The lowest BCUT2D eigenvalue weighted by molar-refractivity contribution is -0.149. The molecule has 0 amide bonds. The molecule has 0 radical (unpaired) electrons. The highest BCUT2D eigenvalue weighted by Gasteiger charge is 2.12. The second-order valence-corrected chi connectivity index (χ2v) is 5.95. The molecule has 1 rings (SSSR count). The molecule has 0 bridgehead atoms. The summed E-state index contributed by atoms with van der Waals surface area (Å²) in [6, 6.07) is 0. The van der Waals surface area contributed by atoms with Gasteiger partial charge in [0.1, 0.15) is 6.10 Å². The van der Waals surface area contributed by atoms with E-state index in [0.717, 1.165) is 19.3 Å². The molecule has 0 N–H and O–H groups in total. The largest absolute Gasteiger partial charge is 0.462 e. The summed E-state index contributed by atoms with van der Waals surface area (Å²) in [4.78, 5) is 11.7. The third-order valence-electron chi connectivity index (χ3n) is 4.16. The van der Waals surface area contributed by atoms with E-state index in [1.54, 1.807) is 0 Å². The molecule has 0 aromatic heterocycles. The lowest BCUT2D eigenvalue weighted by atomic mass is 10.0. The number of ether oxygens (including phenoxy) is 1. The van der Waals surface area contributed by atoms with E-state index < -0.39 is 0 Å². The first-order valence-corrected chi connectivity index (χ1v) is 8.52. The van der Waals surface area contributed by atoms with E-state index >= 15 is 0 Å². The molecule has 0 aliphatic carbocycles. The van der Waals surface area contributed by atoms with Crippen LogP contribution in [0.25, 0.3) is 0 Å². The fourth-order valence-corrected chi connectivity index (χ4v) is 2.82. The van der Waals surface area contributed by atoms with Crippen LogP contribution in [0.2, 0.25) is 0 Å². The van der Waals surface area contributed by atoms with Crippen LogP contribution in [0.5, 0.6) is 0 Å². The standard InChI is InChI=1S/C17H32O2/c1-2-16-14-12-10-8-6-4-3-5-7-9-11-13-15-17(18)19-16/h16H,2-15H2,1H3/t16-/m0/s1. The molecular weight excluding hydrogens is 236 g/mol. The first-order chi connectivity index (χ1) is 9.33. The molecule has 19 heavy (non-hydrogen) atoms. The maximum absolute atomic E-state index is 11.7. The normalized spacial score (nSPS) is 25.7. The molecule has 0 aromatic rings. The highest BCUT2D eigenvalue weighted by atomic mass is 16.5. The molecule has 0 unspecified atom stereocenters. The van der Waals surface area contributed by atoms with Crippen LogP contribution in [0.4, 0.5) is 0 Å². The third kappa shape index (κ3) is 9.07. The fourth-order valence-electron chi connectivity index (χ4n) is 2.82. The molecule has 1 atom stereocenters. The predicted octanol–water partition coefficient (Wildman–Crippen LogP) is 5.39. The van der Waals surface area contributed by atoms with Crippen molar-refractivity contribution < 1.29 is 9.53 Å². The molecule has 1 aliphatic rings. The summed E-state index contributed by atoms with van der Waals surface area (Å²) in [6.07, 6.45) is 17.1. The maximum Gasteiger partial charge on any atom is 0.306 e. The smallest absolute Gasteiger partial charge is 0.306 e. The summed E-state index contributed by atoms with van der Waals surface area (Å²) >= 11 is 0. The van der Waals surface area contributed by atoms with Gasteiger partial charge in [0, 0.05) is 6.42 Å². The van der Waals surface area contributed by atoms with Gasteiger partial charge in [-0.3, -0.25) is 4.79 Å². The van der Waals surface area contributed by atoms with Crippen LogP contribution in [0.15, 0.2) is 0 Å². The van der Waals surface area contributed by atoms with Crippen molar-refractivity contribution in [1.82, 2.24) is 0 Å². The molecule has 1 aliphatic heterocycles. The van der Waals surface area contributed by atoms with E-state index in [1.807, 2.05) is 0 Å². The first-order valence-electron chi connectivity index (χ1n) is 8.52. The number of rotatable bonds is 1. The van der Waals surface area contributed by atoms with Crippen LogP contribution in [0, 0.1) is 0 Å². The van der Waals surface area contributed by atoms with Crippen LogP contribution < -0.4 is 0 Å². The van der Waals surface area contributed by atoms with Crippen molar-refractivity contribution in [2.75, 3.05) is 0 Å². The quantitative estimate of drug-likeness (QED) is 0.596. The predicted molar refractivity (Wildman–Crippen MR) is 80.2 cm³/mol. The topological polar surface area (TPSA) is 26.3 Å². The third-order valence-corrected chi connectivity index (χ3v) is 4.16. The number of esters is 1. The molecule has 1 heterocycles. The summed E-state index contributed by atoms with van der Waals surface area (Å²) < 4.78 is 5.56. The van der Waals surface area contributed by atoms with Gasteiger partial charge in [-0.15, -0.1) is 0 Å². The van der Waals surface area contributed by atoms with Crippen LogP contribution >= 0.6 is 0 Å². The fraction of sp³-hybridized carbons (Fsp3) is 0.941. The van der Waals surface area contributed by atoms with Crippen molar-refractivity contribution in [3.8, 4) is 0 Å². The number of carbonyl (C=O) groups is 1. The molecule has 1 saturated heterocycles. The van der Waals surface area contributed by atoms with Gasteiger partial charge in [0.05, 0.1) is 0 Å². The van der Waals surface area contributed by atoms with Gasteiger partial charge in [-0.25, -0.2) is 0 Å². The SMILES string of the molecule is CC[C@H]1CCCCCCCCCCCCCC(=O)O1. The van der Waals surface area contributed by atoms with E-state index in [1.165, 1.54) is 64.2 Å². The second-order valence-electron chi connectivity index (χ2n) is 5.95. The van der Waals surface area contributed by atoms with Gasteiger partial charge in [0.15, 0.2) is 0 Å². The molecule has 0 spiro atoms. The van der Waals surface area contributed by atoms with Crippen molar-refractivity contribution in [2.24, 2.45) is 0 Å². The number of carbonyl (C=O) groups excluding carboxylic acids is 1. The monoisotopic (exact) mass is 268 g/mol. The molecule has 1 fully saturated rings. The average Bonchev–Trinajstić information content (AvgIpc) is 2.41. The zero-order valence-electron chi connectivity index (χ0n) is 12.8. The van der Waals surface area contributed by atoms with Gasteiger partial charge in [-0.05, 0) is 25.7 Å². The van der Waals surface area contributed by atoms with Crippen molar-refractivity contribution in [3.63, 3.8) is 0 Å². The van der Waals surface area contributed by atoms with Crippen molar-refractivity contribution in [2.45, 2.75) is 103 Å². The van der Waals surface area contributed by atoms with Crippen molar-refractivity contribution >= 4 is 5.97 Å². The molecule has 2 nitrogen and oxygen atoms in total. The minimum absolute atomic E-state index is 0.0268. The Morgan fingerprint density at radius 2 is 1.32 bits per heavy atom. The lowest BCUT2D eigenvalue weighted by Gasteiger charge is -2.16. The second kappa shape index (κ2) is 11.3. The summed E-state index contributed by atoms with van der Waals surface area (Å²) in [6.45, 7) is 2.12. The molecule has 2 heteroatoms. The minimum atomic E-state index is 0.0268. The van der Waals surface area contributed by atoms with Crippen LogP contribution in [-0.2, 0) is 9.53 Å². The van der Waals surface area contributed by atoms with Gasteiger partial charge in [0.25, 0.3) is 0 Å². The van der Waals surface area contributed by atoms with Gasteiger partial charge < -0.3 is 4.74 Å². The van der Waals surface area contributed by atoms with E-state index in [9.17, 15) is 4.79 Å². The number of hydrogen-bond acceptors (Lipinski definition) is 2. The molecule has 112 valence electrons. The summed E-state index contributed by atoms with van der Waals surface area (Å²) in [5.41, 5.74) is 0. The highest BCUT2D eigenvalue weighted by Crippen LogP contribution is 2.16. The zero-order chi connectivity index (χ0) is 13.8. The maximum atomic E-state index is 11.7. The van der Waals surface area contributed by atoms with E-state index in [0.29, 0.717) is 6.42 Å². The molecule has 0 saturated carbocycles.